The van der Waals surface area contributed by atoms with Crippen molar-refractivity contribution >= 4 is 43.2 Å². The molecule has 150 valence electrons. The van der Waals surface area contributed by atoms with Crippen molar-refractivity contribution in [2.75, 3.05) is 16.6 Å². The molecule has 0 heterocycles. The fourth-order valence-electron chi connectivity index (χ4n) is 2.58. The molecule has 0 radical (unpaired) electrons. The zero-order chi connectivity index (χ0) is 20.9. The summed E-state index contributed by atoms with van der Waals surface area (Å²) in [7, 11) is -3.88. The van der Waals surface area contributed by atoms with Gasteiger partial charge in [0.25, 0.3) is 15.9 Å². The van der Waals surface area contributed by atoms with Crippen molar-refractivity contribution in [3.8, 4) is 5.75 Å². The third-order valence-corrected chi connectivity index (χ3v) is 5.92. The lowest BCUT2D eigenvalue weighted by Gasteiger charge is -2.12. The first-order valence-electron chi connectivity index (χ1n) is 8.80. The van der Waals surface area contributed by atoms with Crippen LogP contribution in [0.4, 0.5) is 11.4 Å². The number of halogens is 1. The van der Waals surface area contributed by atoms with E-state index < -0.39 is 15.9 Å². The normalized spacial score (nSPS) is 11.0. The van der Waals surface area contributed by atoms with E-state index in [9.17, 15) is 13.2 Å². The predicted octanol–water partition coefficient (Wildman–Crippen LogP) is 4.90. The summed E-state index contributed by atoms with van der Waals surface area (Å²) < 4.78 is 34.1. The van der Waals surface area contributed by atoms with Gasteiger partial charge in [-0.25, -0.2) is 8.42 Å². The Hall–Kier alpha value is -2.84. The van der Waals surface area contributed by atoms with Crippen molar-refractivity contribution in [2.24, 2.45) is 0 Å². The van der Waals surface area contributed by atoms with E-state index in [4.69, 9.17) is 4.74 Å². The summed E-state index contributed by atoms with van der Waals surface area (Å²) >= 11 is 3.36. The van der Waals surface area contributed by atoms with E-state index in [0.717, 1.165) is 0 Å². The number of carbonyl (C=O) groups excluding carboxylic acids is 1. The molecule has 8 heteroatoms. The van der Waals surface area contributed by atoms with Crippen LogP contribution in [0, 0.1) is 0 Å². The van der Waals surface area contributed by atoms with Crippen molar-refractivity contribution < 1.29 is 17.9 Å². The van der Waals surface area contributed by atoms with Crippen LogP contribution in [0.5, 0.6) is 5.75 Å². The molecule has 0 saturated heterocycles. The van der Waals surface area contributed by atoms with E-state index in [1.165, 1.54) is 18.2 Å². The van der Waals surface area contributed by atoms with Gasteiger partial charge < -0.3 is 10.1 Å². The van der Waals surface area contributed by atoms with Crippen LogP contribution in [0.2, 0.25) is 0 Å². The summed E-state index contributed by atoms with van der Waals surface area (Å²) in [5.74, 6) is 0.229. The van der Waals surface area contributed by atoms with Gasteiger partial charge in [0.1, 0.15) is 5.75 Å². The molecule has 29 heavy (non-hydrogen) atoms. The Kier molecular flexibility index (Phi) is 6.56. The zero-order valence-corrected chi connectivity index (χ0v) is 18.0. The molecule has 0 aliphatic carbocycles. The zero-order valence-electron chi connectivity index (χ0n) is 15.6. The smallest absolute Gasteiger partial charge is 0.261 e. The molecule has 0 aromatic heterocycles. The molecule has 0 bridgehead atoms. The van der Waals surface area contributed by atoms with Crippen molar-refractivity contribution in [2.45, 2.75) is 11.8 Å². The van der Waals surface area contributed by atoms with E-state index >= 15 is 0 Å². The molecule has 6 nitrogen and oxygen atoms in total. The number of sulfonamides is 1. The van der Waals surface area contributed by atoms with E-state index in [-0.39, 0.29) is 10.5 Å². The maximum Gasteiger partial charge on any atom is 0.261 e. The second-order valence-corrected chi connectivity index (χ2v) is 8.57. The molecule has 1 amide bonds. The predicted molar refractivity (Wildman–Crippen MR) is 117 cm³/mol. The van der Waals surface area contributed by atoms with Gasteiger partial charge in [0, 0.05) is 11.3 Å². The Morgan fingerprint density at radius 2 is 1.72 bits per heavy atom. The summed E-state index contributed by atoms with van der Waals surface area (Å²) in [6.07, 6.45) is 0. The number of hydrogen-bond donors (Lipinski definition) is 2. The third-order valence-electron chi connectivity index (χ3n) is 3.92. The topological polar surface area (TPSA) is 84.5 Å². The highest BCUT2D eigenvalue weighted by Crippen LogP contribution is 2.29. The van der Waals surface area contributed by atoms with Crippen LogP contribution < -0.4 is 14.8 Å². The number of para-hydroxylation sites is 1. The molecule has 3 rings (SSSR count). The summed E-state index contributed by atoms with van der Waals surface area (Å²) in [5.41, 5.74) is 1.24. The van der Waals surface area contributed by atoms with E-state index in [1.807, 2.05) is 13.0 Å². The number of carbonyl (C=O) groups is 1. The van der Waals surface area contributed by atoms with Gasteiger partial charge in [0.2, 0.25) is 0 Å². The van der Waals surface area contributed by atoms with Crippen molar-refractivity contribution in [3.63, 3.8) is 0 Å². The largest absolute Gasteiger partial charge is 0.493 e. The lowest BCUT2D eigenvalue weighted by atomic mass is 10.2. The third kappa shape index (κ3) is 5.36. The van der Waals surface area contributed by atoms with E-state index in [1.54, 1.807) is 48.5 Å². The molecule has 2 N–H and O–H groups in total. The van der Waals surface area contributed by atoms with Crippen molar-refractivity contribution in [3.05, 3.63) is 82.8 Å². The standard InChI is InChI=1S/C21H19BrN2O4S/c1-2-28-20-12-11-17(14-19(20)22)24-29(26,27)18-10-6-7-15(13-18)21(25)23-16-8-4-3-5-9-16/h3-14,24H,2H2,1H3,(H,23,25). The Bertz CT molecular complexity index is 1120. The first-order valence-corrected chi connectivity index (χ1v) is 11.1. The number of anilines is 2. The quantitative estimate of drug-likeness (QED) is 0.509. The molecule has 3 aromatic rings. The number of rotatable bonds is 7. The summed E-state index contributed by atoms with van der Waals surface area (Å²) in [6, 6.07) is 19.7. The number of hydrogen-bond acceptors (Lipinski definition) is 4. The van der Waals surface area contributed by atoms with Crippen molar-refractivity contribution in [1.82, 2.24) is 0 Å². The Morgan fingerprint density at radius 1 is 0.966 bits per heavy atom. The highest BCUT2D eigenvalue weighted by atomic mass is 79.9. The SMILES string of the molecule is CCOc1ccc(NS(=O)(=O)c2cccc(C(=O)Nc3ccccc3)c2)cc1Br. The number of benzene rings is 3. The minimum absolute atomic E-state index is 0.0109. The van der Waals surface area contributed by atoms with Crippen LogP contribution >= 0.6 is 15.9 Å². The van der Waals surface area contributed by atoms with Gasteiger partial charge in [-0.1, -0.05) is 24.3 Å². The fraction of sp³-hybridized carbons (Fsp3) is 0.0952. The van der Waals surface area contributed by atoms with Gasteiger partial charge >= 0.3 is 0 Å². The van der Waals surface area contributed by atoms with Gasteiger partial charge in [-0.05, 0) is 71.4 Å². The number of amides is 1. The number of ether oxygens (including phenoxy) is 1. The second-order valence-electron chi connectivity index (χ2n) is 6.03. The van der Waals surface area contributed by atoms with Crippen LogP contribution in [0.15, 0.2) is 82.2 Å². The van der Waals surface area contributed by atoms with Gasteiger partial charge in [0.05, 0.1) is 21.7 Å². The molecule has 0 aliphatic heterocycles. The van der Waals surface area contributed by atoms with Crippen LogP contribution in [0.3, 0.4) is 0 Å². The number of nitrogens with one attached hydrogen (secondary N) is 2. The van der Waals surface area contributed by atoms with Crippen LogP contribution in [-0.4, -0.2) is 20.9 Å². The maximum absolute atomic E-state index is 12.8. The molecule has 0 aliphatic rings. The second kappa shape index (κ2) is 9.11. The summed E-state index contributed by atoms with van der Waals surface area (Å²) in [4.78, 5) is 12.4. The van der Waals surface area contributed by atoms with E-state index in [0.29, 0.717) is 28.2 Å². The Morgan fingerprint density at radius 3 is 2.41 bits per heavy atom. The first kappa shape index (κ1) is 20.9. The average molecular weight is 475 g/mol. The summed E-state index contributed by atoms with van der Waals surface area (Å²) in [6.45, 7) is 2.37. The van der Waals surface area contributed by atoms with Crippen LogP contribution in [0.1, 0.15) is 17.3 Å². The van der Waals surface area contributed by atoms with Gasteiger partial charge in [0.15, 0.2) is 0 Å². The molecular formula is C21H19BrN2O4S. The molecule has 0 unspecified atom stereocenters. The molecular weight excluding hydrogens is 456 g/mol. The maximum atomic E-state index is 12.8. The molecule has 0 spiro atoms. The fourth-order valence-corrected chi connectivity index (χ4v) is 4.17. The minimum Gasteiger partial charge on any atom is -0.493 e. The summed E-state index contributed by atoms with van der Waals surface area (Å²) in [5, 5.41) is 2.74. The highest BCUT2D eigenvalue weighted by Gasteiger charge is 2.17. The van der Waals surface area contributed by atoms with Gasteiger partial charge in [-0.15, -0.1) is 0 Å². The molecule has 3 aromatic carbocycles. The van der Waals surface area contributed by atoms with Crippen molar-refractivity contribution in [1.29, 1.82) is 0 Å². The van der Waals surface area contributed by atoms with Crippen LogP contribution in [-0.2, 0) is 10.0 Å². The Balaban J connectivity index is 1.80. The van der Waals surface area contributed by atoms with Crippen LogP contribution in [0.25, 0.3) is 0 Å². The lowest BCUT2D eigenvalue weighted by Crippen LogP contribution is -2.16. The lowest BCUT2D eigenvalue weighted by molar-refractivity contribution is 0.102. The Labute approximate surface area is 178 Å². The minimum atomic E-state index is -3.88. The first-order chi connectivity index (χ1) is 13.9. The molecule has 0 atom stereocenters. The van der Waals surface area contributed by atoms with E-state index in [2.05, 4.69) is 26.0 Å². The molecule has 0 fully saturated rings. The monoisotopic (exact) mass is 474 g/mol. The highest BCUT2D eigenvalue weighted by molar-refractivity contribution is 9.10. The molecule has 0 saturated carbocycles. The average Bonchev–Trinajstić information content (AvgIpc) is 2.71. The van der Waals surface area contributed by atoms with Gasteiger partial charge in [-0.2, -0.15) is 0 Å². The van der Waals surface area contributed by atoms with Gasteiger partial charge in [-0.3, -0.25) is 9.52 Å².